The minimum absolute atomic E-state index is 0.182. The third-order valence-electron chi connectivity index (χ3n) is 0.803. The second-order valence-electron chi connectivity index (χ2n) is 1.93. The molecule has 0 heterocycles. The summed E-state index contributed by atoms with van der Waals surface area (Å²) < 4.78 is 4.64. The average molecular weight is 179 g/mol. The molecule has 0 bridgehead atoms. The summed E-state index contributed by atoms with van der Waals surface area (Å²) in [7, 11) is 0. The Morgan fingerprint density at radius 3 is 2.33 bits per heavy atom. The molecule has 6 nitrogen and oxygen atoms in total. The van der Waals surface area contributed by atoms with Crippen LogP contribution in [0.15, 0.2) is 0 Å². The summed E-state index contributed by atoms with van der Waals surface area (Å²) >= 11 is 0. The SMILES string of the molecule is CCCCOC(C)=O.O=[N+]([O-])O. The number of carbonyl (C=O) groups is 1. The van der Waals surface area contributed by atoms with Gasteiger partial charge in [-0.3, -0.25) is 4.79 Å². The molecule has 0 aliphatic heterocycles. The Morgan fingerprint density at radius 2 is 2.08 bits per heavy atom. The molecule has 72 valence electrons. The summed E-state index contributed by atoms with van der Waals surface area (Å²) in [6.07, 6.45) is 2.05. The largest absolute Gasteiger partial charge is 0.466 e. The van der Waals surface area contributed by atoms with Crippen molar-refractivity contribution >= 4 is 5.97 Å². The van der Waals surface area contributed by atoms with Crippen molar-refractivity contribution in [1.82, 2.24) is 0 Å². The number of carbonyl (C=O) groups excluding carboxylic acids is 1. The van der Waals surface area contributed by atoms with Gasteiger partial charge in [-0.2, -0.15) is 0 Å². The molecular weight excluding hydrogens is 166 g/mol. The highest BCUT2D eigenvalue weighted by atomic mass is 16.9. The van der Waals surface area contributed by atoms with Crippen LogP contribution in [0.3, 0.4) is 0 Å². The quantitative estimate of drug-likeness (QED) is 0.302. The Morgan fingerprint density at radius 1 is 1.67 bits per heavy atom. The van der Waals surface area contributed by atoms with Crippen LogP contribution in [0, 0.1) is 10.1 Å². The first-order chi connectivity index (χ1) is 5.50. The van der Waals surface area contributed by atoms with Gasteiger partial charge in [-0.05, 0) is 6.42 Å². The molecule has 0 aliphatic carbocycles. The molecule has 1 N–H and O–H groups in total. The Bertz CT molecular complexity index is 132. The van der Waals surface area contributed by atoms with Crippen molar-refractivity contribution in [3.05, 3.63) is 10.1 Å². The fraction of sp³-hybridized carbons (Fsp3) is 0.833. The highest BCUT2D eigenvalue weighted by molar-refractivity contribution is 5.65. The predicted molar refractivity (Wildman–Crippen MR) is 40.3 cm³/mol. The molecule has 0 saturated carbocycles. The lowest BCUT2D eigenvalue weighted by molar-refractivity contribution is -0.742. The molecule has 0 fully saturated rings. The van der Waals surface area contributed by atoms with Crippen molar-refractivity contribution in [3.63, 3.8) is 0 Å². The molecule has 0 aromatic heterocycles. The van der Waals surface area contributed by atoms with Crippen molar-refractivity contribution in [2.24, 2.45) is 0 Å². The number of nitrogens with zero attached hydrogens (tertiary/aromatic N) is 1. The molecule has 0 unspecified atom stereocenters. The zero-order valence-electron chi connectivity index (χ0n) is 7.15. The van der Waals surface area contributed by atoms with E-state index in [0.29, 0.717) is 6.61 Å². The molecule has 0 rings (SSSR count). The van der Waals surface area contributed by atoms with Crippen molar-refractivity contribution in [2.75, 3.05) is 6.61 Å². The van der Waals surface area contributed by atoms with Gasteiger partial charge in [-0.25, -0.2) is 0 Å². The van der Waals surface area contributed by atoms with E-state index in [9.17, 15) is 4.79 Å². The predicted octanol–water partition coefficient (Wildman–Crippen LogP) is 1.00. The Hall–Kier alpha value is -1.33. The molecule has 0 aromatic carbocycles. The van der Waals surface area contributed by atoms with E-state index in [2.05, 4.69) is 11.7 Å². The molecule has 0 spiro atoms. The molecule has 0 saturated heterocycles. The van der Waals surface area contributed by atoms with Gasteiger partial charge in [0.15, 0.2) is 0 Å². The van der Waals surface area contributed by atoms with Crippen LogP contribution in [0.5, 0.6) is 0 Å². The highest BCUT2D eigenvalue weighted by Gasteiger charge is 1.88. The van der Waals surface area contributed by atoms with Crippen LogP contribution in [-0.2, 0) is 9.53 Å². The van der Waals surface area contributed by atoms with E-state index >= 15 is 0 Å². The molecule has 0 aliphatic rings. The maximum absolute atomic E-state index is 10.1. The van der Waals surface area contributed by atoms with E-state index in [-0.39, 0.29) is 5.97 Å². The lowest BCUT2D eigenvalue weighted by Gasteiger charge is -1.96. The van der Waals surface area contributed by atoms with E-state index < -0.39 is 5.09 Å². The number of unbranched alkanes of at least 4 members (excludes halogenated alkanes) is 1. The Kier molecular flexibility index (Phi) is 10.7. The zero-order chi connectivity index (χ0) is 9.98. The third kappa shape index (κ3) is 37.9. The molecule has 0 aromatic rings. The summed E-state index contributed by atoms with van der Waals surface area (Å²) in [4.78, 5) is 18.5. The summed E-state index contributed by atoms with van der Waals surface area (Å²) in [5.74, 6) is -0.182. The maximum atomic E-state index is 10.1. The number of hydrogen-bond acceptors (Lipinski definition) is 4. The summed E-state index contributed by atoms with van der Waals surface area (Å²) in [6, 6.07) is 0. The first-order valence-corrected chi connectivity index (χ1v) is 3.47. The van der Waals surface area contributed by atoms with Crippen LogP contribution < -0.4 is 0 Å². The van der Waals surface area contributed by atoms with Crippen LogP contribution in [0.2, 0.25) is 0 Å². The van der Waals surface area contributed by atoms with Crippen molar-refractivity contribution < 1.29 is 19.8 Å². The molecule has 6 heteroatoms. The molecule has 0 radical (unpaired) electrons. The van der Waals surface area contributed by atoms with Gasteiger partial charge in [-0.1, -0.05) is 13.3 Å². The van der Waals surface area contributed by atoms with Crippen LogP contribution in [-0.4, -0.2) is 22.9 Å². The number of rotatable bonds is 3. The Balaban J connectivity index is 0. The number of ether oxygens (including phenoxy) is 1. The van der Waals surface area contributed by atoms with Gasteiger partial charge >= 0.3 is 5.97 Å². The van der Waals surface area contributed by atoms with E-state index in [0.717, 1.165) is 12.8 Å². The van der Waals surface area contributed by atoms with Crippen molar-refractivity contribution in [2.45, 2.75) is 26.7 Å². The van der Waals surface area contributed by atoms with Crippen LogP contribution in [0.1, 0.15) is 26.7 Å². The van der Waals surface area contributed by atoms with Gasteiger partial charge in [-0.15, -0.1) is 10.1 Å². The summed E-state index contributed by atoms with van der Waals surface area (Å²) in [6.45, 7) is 4.06. The van der Waals surface area contributed by atoms with Crippen molar-refractivity contribution in [3.8, 4) is 0 Å². The highest BCUT2D eigenvalue weighted by Crippen LogP contribution is 1.86. The van der Waals surface area contributed by atoms with E-state index in [1.54, 1.807) is 0 Å². The van der Waals surface area contributed by atoms with E-state index in [4.69, 9.17) is 15.3 Å². The van der Waals surface area contributed by atoms with Gasteiger partial charge < -0.3 is 9.94 Å². The summed E-state index contributed by atoms with van der Waals surface area (Å²) in [5.41, 5.74) is 0. The monoisotopic (exact) mass is 179 g/mol. The van der Waals surface area contributed by atoms with Gasteiger partial charge in [0.2, 0.25) is 0 Å². The summed E-state index contributed by atoms with van der Waals surface area (Å²) in [5, 5.41) is 13.6. The third-order valence-corrected chi connectivity index (χ3v) is 0.803. The topological polar surface area (TPSA) is 89.7 Å². The van der Waals surface area contributed by atoms with Gasteiger partial charge in [0.1, 0.15) is 0 Å². The maximum Gasteiger partial charge on any atom is 0.302 e. The molecule has 0 amide bonds. The van der Waals surface area contributed by atoms with Crippen LogP contribution >= 0.6 is 0 Å². The smallest absolute Gasteiger partial charge is 0.302 e. The minimum Gasteiger partial charge on any atom is -0.466 e. The zero-order valence-corrected chi connectivity index (χ0v) is 7.15. The fourth-order valence-corrected chi connectivity index (χ4v) is 0.360. The lowest BCUT2D eigenvalue weighted by Crippen LogP contribution is -1.99. The normalized spacial score (nSPS) is 7.83. The van der Waals surface area contributed by atoms with Crippen LogP contribution in [0.25, 0.3) is 0 Å². The lowest BCUT2D eigenvalue weighted by atomic mass is 10.4. The van der Waals surface area contributed by atoms with Gasteiger partial charge in [0.25, 0.3) is 5.09 Å². The second-order valence-corrected chi connectivity index (χ2v) is 1.93. The van der Waals surface area contributed by atoms with Crippen molar-refractivity contribution in [1.29, 1.82) is 0 Å². The standard InChI is InChI=1S/C6H12O2.HNO3/c1-3-4-5-8-6(2)7;2-1(3)4/h3-5H2,1-2H3;(H,2,3,4). The van der Waals surface area contributed by atoms with Gasteiger partial charge in [0, 0.05) is 6.92 Å². The van der Waals surface area contributed by atoms with Gasteiger partial charge in [0.05, 0.1) is 6.61 Å². The number of hydrogen-bond donors (Lipinski definition) is 1. The Labute approximate surface area is 70.2 Å². The van der Waals surface area contributed by atoms with Crippen LogP contribution in [0.4, 0.5) is 0 Å². The number of esters is 1. The molecule has 12 heavy (non-hydrogen) atoms. The fourth-order valence-electron chi connectivity index (χ4n) is 0.360. The first kappa shape index (κ1) is 13.3. The molecule has 0 atom stereocenters. The van der Waals surface area contributed by atoms with E-state index in [1.165, 1.54) is 6.92 Å². The average Bonchev–Trinajstić information content (AvgIpc) is 1.86. The van der Waals surface area contributed by atoms with E-state index in [1.807, 2.05) is 0 Å². The second kappa shape index (κ2) is 9.67. The first-order valence-electron chi connectivity index (χ1n) is 3.47. The minimum atomic E-state index is -1.50. The molecular formula is C6H13NO5.